The van der Waals surface area contributed by atoms with Gasteiger partial charge in [-0.3, -0.25) is 9.10 Å². The summed E-state index contributed by atoms with van der Waals surface area (Å²) in [7, 11) is -3.56. The molecule has 4 rings (SSSR count). The summed E-state index contributed by atoms with van der Waals surface area (Å²) < 4.78 is 32.9. The van der Waals surface area contributed by atoms with Crippen LogP contribution in [0.15, 0.2) is 84.9 Å². The highest BCUT2D eigenvalue weighted by molar-refractivity contribution is 7.92. The molecule has 3 aromatic carbocycles. The fourth-order valence-electron chi connectivity index (χ4n) is 3.77. The molecule has 0 unspecified atom stereocenters. The van der Waals surface area contributed by atoms with Crippen molar-refractivity contribution in [1.82, 2.24) is 4.90 Å². The topological polar surface area (TPSA) is 66.9 Å². The number of rotatable bonds is 7. The molecule has 3 aromatic rings. The highest BCUT2D eigenvalue weighted by atomic mass is 32.2. The molecule has 0 fully saturated rings. The van der Waals surface area contributed by atoms with Crippen molar-refractivity contribution in [2.24, 2.45) is 0 Å². The summed E-state index contributed by atoms with van der Waals surface area (Å²) in [4.78, 5) is 15.4. The van der Waals surface area contributed by atoms with Gasteiger partial charge in [-0.05, 0) is 30.2 Å². The molecule has 0 bridgehead atoms. The van der Waals surface area contributed by atoms with Crippen LogP contribution in [-0.4, -0.2) is 37.6 Å². The lowest BCUT2D eigenvalue weighted by Crippen LogP contribution is -2.51. The first-order valence-corrected chi connectivity index (χ1v) is 12.2. The summed E-state index contributed by atoms with van der Waals surface area (Å²) in [6, 6.07) is 26.4. The van der Waals surface area contributed by atoms with Gasteiger partial charge in [-0.25, -0.2) is 8.42 Å². The van der Waals surface area contributed by atoms with E-state index in [-0.39, 0.29) is 18.2 Å². The maximum Gasteiger partial charge on any atom is 0.266 e. The molecule has 1 aliphatic rings. The van der Waals surface area contributed by atoms with Gasteiger partial charge in [0.1, 0.15) is 5.75 Å². The molecule has 0 radical (unpaired) electrons. The number of carbonyl (C=O) groups excluding carboxylic acids is 1. The lowest BCUT2D eigenvalue weighted by Gasteiger charge is -2.36. The summed E-state index contributed by atoms with van der Waals surface area (Å²) >= 11 is 0. The Hall–Kier alpha value is -3.32. The van der Waals surface area contributed by atoms with E-state index in [0.717, 1.165) is 11.1 Å². The van der Waals surface area contributed by atoms with E-state index in [9.17, 15) is 13.2 Å². The highest BCUT2D eigenvalue weighted by Crippen LogP contribution is 2.35. The molecule has 1 atom stereocenters. The number of sulfonamides is 1. The Morgan fingerprint density at radius 3 is 2.00 bits per heavy atom. The molecule has 1 aliphatic heterocycles. The van der Waals surface area contributed by atoms with Crippen molar-refractivity contribution < 1.29 is 17.9 Å². The van der Waals surface area contributed by atoms with Crippen LogP contribution >= 0.6 is 0 Å². The Kier molecular flexibility index (Phi) is 6.46. The Labute approximate surface area is 189 Å². The average Bonchev–Trinajstić information content (AvgIpc) is 2.83. The van der Waals surface area contributed by atoms with Crippen molar-refractivity contribution >= 4 is 21.6 Å². The van der Waals surface area contributed by atoms with E-state index in [0.29, 0.717) is 24.5 Å². The zero-order chi connectivity index (χ0) is 22.6. The molecule has 1 amide bonds. The highest BCUT2D eigenvalue weighted by Gasteiger charge is 2.37. The molecule has 0 aromatic heterocycles. The van der Waals surface area contributed by atoms with Crippen molar-refractivity contribution in [2.45, 2.75) is 26.1 Å². The van der Waals surface area contributed by atoms with Crippen LogP contribution in [-0.2, 0) is 27.9 Å². The van der Waals surface area contributed by atoms with Gasteiger partial charge in [0.05, 0.1) is 18.0 Å². The number of anilines is 1. The van der Waals surface area contributed by atoms with E-state index in [2.05, 4.69) is 0 Å². The fraction of sp³-hybridized carbons (Fsp3) is 0.240. The van der Waals surface area contributed by atoms with Gasteiger partial charge >= 0.3 is 0 Å². The first kappa shape index (κ1) is 21.9. The van der Waals surface area contributed by atoms with Crippen LogP contribution in [0.1, 0.15) is 18.1 Å². The lowest BCUT2D eigenvalue weighted by atomic mass is 10.1. The molecule has 0 N–H and O–H groups in total. The third-order valence-corrected chi connectivity index (χ3v) is 7.20. The third-order valence-electron chi connectivity index (χ3n) is 5.46. The first-order valence-electron chi connectivity index (χ1n) is 10.6. The molecule has 0 spiro atoms. The summed E-state index contributed by atoms with van der Waals surface area (Å²) in [5, 5.41) is 0. The number of fused-ring (bicyclic) bond motifs is 1. The lowest BCUT2D eigenvalue weighted by molar-refractivity contribution is -0.139. The van der Waals surface area contributed by atoms with Gasteiger partial charge in [-0.2, -0.15) is 0 Å². The van der Waals surface area contributed by atoms with E-state index >= 15 is 0 Å². The number of hydrogen-bond acceptors (Lipinski definition) is 4. The predicted octanol–water partition coefficient (Wildman–Crippen LogP) is 3.83. The third kappa shape index (κ3) is 4.78. The van der Waals surface area contributed by atoms with Crippen molar-refractivity contribution in [2.75, 3.05) is 16.6 Å². The van der Waals surface area contributed by atoms with Crippen LogP contribution in [0.3, 0.4) is 0 Å². The van der Waals surface area contributed by atoms with Crippen molar-refractivity contribution in [3.8, 4) is 5.75 Å². The Balaban J connectivity index is 1.65. The quantitative estimate of drug-likeness (QED) is 0.549. The van der Waals surface area contributed by atoms with Crippen molar-refractivity contribution in [1.29, 1.82) is 0 Å². The largest absolute Gasteiger partial charge is 0.476 e. The summed E-state index contributed by atoms with van der Waals surface area (Å²) in [5.41, 5.74) is 2.45. The van der Waals surface area contributed by atoms with Crippen LogP contribution < -0.4 is 9.04 Å². The van der Waals surface area contributed by atoms with Crippen LogP contribution in [0, 0.1) is 0 Å². The fourth-order valence-corrected chi connectivity index (χ4v) is 4.90. The Bertz CT molecular complexity index is 1130. The van der Waals surface area contributed by atoms with E-state index in [4.69, 9.17) is 4.74 Å². The second kappa shape index (κ2) is 9.44. The Morgan fingerprint density at radius 2 is 1.44 bits per heavy atom. The van der Waals surface area contributed by atoms with Gasteiger partial charge in [-0.15, -0.1) is 0 Å². The number of benzene rings is 3. The second-order valence-electron chi connectivity index (χ2n) is 7.67. The molecular weight excluding hydrogens is 424 g/mol. The van der Waals surface area contributed by atoms with Gasteiger partial charge in [-0.1, -0.05) is 72.8 Å². The average molecular weight is 451 g/mol. The number of para-hydroxylation sites is 2. The molecule has 0 aliphatic carbocycles. The van der Waals surface area contributed by atoms with Crippen LogP contribution in [0.25, 0.3) is 0 Å². The maximum absolute atomic E-state index is 13.7. The molecule has 6 nitrogen and oxygen atoms in total. The zero-order valence-corrected chi connectivity index (χ0v) is 18.7. The van der Waals surface area contributed by atoms with Gasteiger partial charge in [0, 0.05) is 13.1 Å². The molecule has 0 saturated heterocycles. The minimum Gasteiger partial charge on any atom is -0.476 e. The summed E-state index contributed by atoms with van der Waals surface area (Å²) in [6.07, 6.45) is -0.932. The van der Waals surface area contributed by atoms with Gasteiger partial charge in [0.25, 0.3) is 5.91 Å². The standard InChI is InChI=1S/C25H26N2O4S/c1-2-32(29,30)27-19-24(31-23-16-10-9-15-22(23)27)25(28)26(17-20-11-5-3-6-12-20)18-21-13-7-4-8-14-21/h3-16,24H,2,17-19H2,1H3/t24-/m1/s1. The maximum atomic E-state index is 13.7. The zero-order valence-electron chi connectivity index (χ0n) is 17.9. The molecular formula is C25H26N2O4S. The van der Waals surface area contributed by atoms with Gasteiger partial charge in [0.15, 0.2) is 6.10 Å². The van der Waals surface area contributed by atoms with Crippen molar-refractivity contribution in [3.63, 3.8) is 0 Å². The number of hydrogen-bond donors (Lipinski definition) is 0. The molecule has 1 heterocycles. The van der Waals surface area contributed by atoms with E-state index < -0.39 is 16.1 Å². The van der Waals surface area contributed by atoms with E-state index in [1.54, 1.807) is 36.1 Å². The minimum atomic E-state index is -3.56. The number of ether oxygens (including phenoxy) is 1. The normalized spacial score (nSPS) is 15.5. The predicted molar refractivity (Wildman–Crippen MR) is 125 cm³/mol. The summed E-state index contributed by atoms with van der Waals surface area (Å²) in [6.45, 7) is 2.35. The first-order chi connectivity index (χ1) is 15.5. The van der Waals surface area contributed by atoms with Crippen LogP contribution in [0.2, 0.25) is 0 Å². The van der Waals surface area contributed by atoms with Gasteiger partial charge < -0.3 is 9.64 Å². The second-order valence-corrected chi connectivity index (χ2v) is 9.85. The SMILES string of the molecule is CCS(=O)(=O)N1C[C@H](C(=O)N(Cc2ccccc2)Cc2ccccc2)Oc2ccccc21. The monoisotopic (exact) mass is 450 g/mol. The minimum absolute atomic E-state index is 0.0495. The van der Waals surface area contributed by atoms with Crippen LogP contribution in [0.5, 0.6) is 5.75 Å². The smallest absolute Gasteiger partial charge is 0.266 e. The Morgan fingerprint density at radius 1 is 0.906 bits per heavy atom. The van der Waals surface area contributed by atoms with Gasteiger partial charge in [0.2, 0.25) is 10.0 Å². The number of nitrogens with zero attached hydrogens (tertiary/aromatic N) is 2. The molecule has 166 valence electrons. The molecule has 0 saturated carbocycles. The van der Waals surface area contributed by atoms with Crippen LogP contribution in [0.4, 0.5) is 5.69 Å². The summed E-state index contributed by atoms with van der Waals surface area (Å²) in [5.74, 6) is 0.0944. The van der Waals surface area contributed by atoms with E-state index in [1.165, 1.54) is 4.31 Å². The number of amides is 1. The molecule has 7 heteroatoms. The van der Waals surface area contributed by atoms with Crippen molar-refractivity contribution in [3.05, 3.63) is 96.1 Å². The van der Waals surface area contributed by atoms with E-state index in [1.807, 2.05) is 60.7 Å². The molecule has 32 heavy (non-hydrogen) atoms. The number of carbonyl (C=O) groups is 1.